The van der Waals surface area contributed by atoms with Crippen molar-refractivity contribution in [2.24, 2.45) is 5.10 Å². The normalized spacial score (nSPS) is 13.8. The molecule has 1 fully saturated rings. The minimum absolute atomic E-state index is 0.457. The molecular weight excluding hydrogens is 360 g/mol. The number of nitrogens with zero attached hydrogens (tertiary/aromatic N) is 3. The molecule has 1 N–H and O–H groups in total. The molecule has 0 aliphatic heterocycles. The van der Waals surface area contributed by atoms with E-state index in [9.17, 15) is 0 Å². The van der Waals surface area contributed by atoms with Crippen molar-refractivity contribution in [3.8, 4) is 11.5 Å². The van der Waals surface area contributed by atoms with E-state index in [1.54, 1.807) is 18.0 Å². The summed E-state index contributed by atoms with van der Waals surface area (Å²) in [6.45, 7) is 0.486. The summed E-state index contributed by atoms with van der Waals surface area (Å²) in [5.41, 5.74) is 2.00. The average molecular weight is 380 g/mol. The Morgan fingerprint density at radius 3 is 2.78 bits per heavy atom. The maximum Gasteiger partial charge on any atom is 0.216 e. The summed E-state index contributed by atoms with van der Waals surface area (Å²) in [6.07, 6.45) is 4.02. The second-order valence-corrected chi connectivity index (χ2v) is 6.79. The van der Waals surface area contributed by atoms with Crippen molar-refractivity contribution in [3.05, 3.63) is 70.3 Å². The first-order valence-electron chi connectivity index (χ1n) is 8.81. The largest absolute Gasteiger partial charge is 0.493 e. The van der Waals surface area contributed by atoms with Crippen LogP contribution in [0, 0.1) is 4.77 Å². The van der Waals surface area contributed by atoms with Gasteiger partial charge in [-0.25, -0.2) is 0 Å². The van der Waals surface area contributed by atoms with Gasteiger partial charge in [0.05, 0.1) is 13.3 Å². The van der Waals surface area contributed by atoms with E-state index >= 15 is 0 Å². The number of rotatable bonds is 7. The van der Waals surface area contributed by atoms with Crippen molar-refractivity contribution < 1.29 is 9.47 Å². The van der Waals surface area contributed by atoms with E-state index in [2.05, 4.69) is 15.3 Å². The van der Waals surface area contributed by atoms with Crippen LogP contribution in [0.25, 0.3) is 0 Å². The van der Waals surface area contributed by atoms with Crippen LogP contribution in [0.3, 0.4) is 0 Å². The Bertz CT molecular complexity index is 1010. The van der Waals surface area contributed by atoms with Crippen LogP contribution in [0.4, 0.5) is 0 Å². The minimum Gasteiger partial charge on any atom is -0.493 e. The highest BCUT2D eigenvalue weighted by Crippen LogP contribution is 2.38. The zero-order valence-electron chi connectivity index (χ0n) is 15.0. The molecule has 0 amide bonds. The number of ether oxygens (including phenoxy) is 2. The fraction of sp³-hybridized carbons (Fsp3) is 0.250. The Labute approximate surface area is 162 Å². The van der Waals surface area contributed by atoms with Crippen LogP contribution in [0.5, 0.6) is 11.5 Å². The minimum atomic E-state index is 0.457. The molecule has 0 spiro atoms. The Balaban J connectivity index is 1.51. The lowest BCUT2D eigenvalue weighted by molar-refractivity contribution is 0.284. The average Bonchev–Trinajstić information content (AvgIpc) is 3.49. The molecule has 0 atom stereocenters. The summed E-state index contributed by atoms with van der Waals surface area (Å²) < 4.78 is 13.6. The highest BCUT2D eigenvalue weighted by molar-refractivity contribution is 7.71. The highest BCUT2D eigenvalue weighted by Gasteiger charge is 2.29. The first-order valence-corrected chi connectivity index (χ1v) is 9.22. The Morgan fingerprint density at radius 1 is 1.22 bits per heavy atom. The van der Waals surface area contributed by atoms with E-state index in [1.165, 1.54) is 0 Å². The van der Waals surface area contributed by atoms with Gasteiger partial charge in [-0.15, -0.1) is 0 Å². The Hall–Kier alpha value is -2.93. The summed E-state index contributed by atoms with van der Waals surface area (Å²) in [5.74, 6) is 2.70. The first-order chi connectivity index (χ1) is 13.2. The molecule has 0 unspecified atom stereocenters. The smallest absolute Gasteiger partial charge is 0.216 e. The number of benzene rings is 2. The van der Waals surface area contributed by atoms with Crippen LogP contribution in [0.15, 0.2) is 53.6 Å². The van der Waals surface area contributed by atoms with Crippen LogP contribution in [0.1, 0.15) is 35.7 Å². The zero-order valence-corrected chi connectivity index (χ0v) is 15.8. The van der Waals surface area contributed by atoms with Crippen LogP contribution >= 0.6 is 12.2 Å². The quantitative estimate of drug-likeness (QED) is 0.491. The van der Waals surface area contributed by atoms with Crippen molar-refractivity contribution in [2.45, 2.75) is 25.4 Å². The van der Waals surface area contributed by atoms with Gasteiger partial charge in [0.25, 0.3) is 0 Å². The monoisotopic (exact) mass is 380 g/mol. The van der Waals surface area contributed by atoms with Gasteiger partial charge in [-0.3, -0.25) is 5.10 Å². The molecule has 27 heavy (non-hydrogen) atoms. The van der Waals surface area contributed by atoms with Gasteiger partial charge in [-0.2, -0.15) is 14.9 Å². The predicted molar refractivity (Wildman–Crippen MR) is 106 cm³/mol. The maximum atomic E-state index is 5.89. The van der Waals surface area contributed by atoms with Gasteiger partial charge in [0, 0.05) is 5.92 Å². The summed E-state index contributed by atoms with van der Waals surface area (Å²) in [4.78, 5) is 0. The highest BCUT2D eigenvalue weighted by atomic mass is 32.1. The topological polar surface area (TPSA) is 64.4 Å². The Morgan fingerprint density at radius 2 is 2.04 bits per heavy atom. The number of nitrogens with one attached hydrogen (secondary N) is 1. The number of methoxy groups -OCH3 is 1. The van der Waals surface area contributed by atoms with E-state index in [0.717, 1.165) is 29.8 Å². The SMILES string of the molecule is COc1cc(/C=N\n2c(C3CC3)n[nH]c2=S)ccc1OCc1ccccc1. The van der Waals surface area contributed by atoms with E-state index in [1.807, 2.05) is 48.5 Å². The van der Waals surface area contributed by atoms with Gasteiger partial charge < -0.3 is 9.47 Å². The lowest BCUT2D eigenvalue weighted by Gasteiger charge is -2.11. The first kappa shape index (κ1) is 17.5. The van der Waals surface area contributed by atoms with Gasteiger partial charge in [0.15, 0.2) is 17.3 Å². The van der Waals surface area contributed by atoms with Gasteiger partial charge >= 0.3 is 0 Å². The van der Waals surface area contributed by atoms with Crippen molar-refractivity contribution in [2.75, 3.05) is 7.11 Å². The molecule has 3 aromatic rings. The molecule has 1 aliphatic carbocycles. The molecule has 1 saturated carbocycles. The van der Waals surface area contributed by atoms with Crippen molar-refractivity contribution in [1.29, 1.82) is 0 Å². The van der Waals surface area contributed by atoms with Crippen molar-refractivity contribution >= 4 is 18.4 Å². The van der Waals surface area contributed by atoms with Gasteiger partial charge in [0.1, 0.15) is 6.61 Å². The van der Waals surface area contributed by atoms with E-state index in [4.69, 9.17) is 21.7 Å². The molecule has 138 valence electrons. The number of H-pyrrole nitrogens is 1. The fourth-order valence-corrected chi connectivity index (χ4v) is 2.95. The second kappa shape index (κ2) is 7.75. The standard InChI is InChI=1S/C20H20N4O2S/c1-25-18-11-15(7-10-17(18)26-13-14-5-3-2-4-6-14)12-21-24-19(16-8-9-16)22-23-20(24)27/h2-7,10-12,16H,8-9,13H2,1H3,(H,23,27)/b21-12-. The van der Waals surface area contributed by atoms with Gasteiger partial charge in [0.2, 0.25) is 4.77 Å². The van der Waals surface area contributed by atoms with Crippen molar-refractivity contribution in [1.82, 2.24) is 14.9 Å². The van der Waals surface area contributed by atoms with Gasteiger partial charge in [-0.1, -0.05) is 30.3 Å². The molecular formula is C20H20N4O2S. The van der Waals surface area contributed by atoms with Gasteiger partial charge in [-0.05, 0) is 54.4 Å². The summed E-state index contributed by atoms with van der Waals surface area (Å²) in [7, 11) is 1.63. The molecule has 4 rings (SSSR count). The molecule has 1 aromatic heterocycles. The molecule has 0 bridgehead atoms. The lowest BCUT2D eigenvalue weighted by atomic mass is 10.2. The Kier molecular flexibility index (Phi) is 5.02. The third-order valence-corrected chi connectivity index (χ3v) is 4.63. The molecule has 6 nitrogen and oxygen atoms in total. The van der Waals surface area contributed by atoms with Crippen LogP contribution < -0.4 is 9.47 Å². The zero-order chi connectivity index (χ0) is 18.6. The predicted octanol–water partition coefficient (Wildman–Crippen LogP) is 4.29. The van der Waals surface area contributed by atoms with Crippen LogP contribution in [0.2, 0.25) is 0 Å². The number of aromatic nitrogens is 3. The molecule has 0 radical (unpaired) electrons. The number of hydrogen-bond donors (Lipinski definition) is 1. The molecule has 2 aromatic carbocycles. The lowest BCUT2D eigenvalue weighted by Crippen LogP contribution is -1.99. The third kappa shape index (κ3) is 4.09. The third-order valence-electron chi connectivity index (χ3n) is 4.37. The van der Waals surface area contributed by atoms with Crippen molar-refractivity contribution in [3.63, 3.8) is 0 Å². The maximum absolute atomic E-state index is 5.89. The molecule has 1 heterocycles. The summed E-state index contributed by atoms with van der Waals surface area (Å²) in [6, 6.07) is 15.7. The van der Waals surface area contributed by atoms with E-state index in [0.29, 0.717) is 28.8 Å². The summed E-state index contributed by atoms with van der Waals surface area (Å²) in [5, 5.41) is 11.6. The molecule has 0 saturated heterocycles. The molecule has 7 heteroatoms. The van der Waals surface area contributed by atoms with E-state index in [-0.39, 0.29) is 0 Å². The van der Waals surface area contributed by atoms with Crippen LogP contribution in [-0.4, -0.2) is 28.2 Å². The number of hydrogen-bond acceptors (Lipinski definition) is 5. The fourth-order valence-electron chi connectivity index (χ4n) is 2.76. The summed E-state index contributed by atoms with van der Waals surface area (Å²) >= 11 is 5.27. The number of aromatic amines is 1. The second-order valence-electron chi connectivity index (χ2n) is 6.40. The van der Waals surface area contributed by atoms with E-state index < -0.39 is 0 Å². The molecule has 1 aliphatic rings. The van der Waals surface area contributed by atoms with Crippen LogP contribution in [-0.2, 0) is 6.61 Å².